The summed E-state index contributed by atoms with van der Waals surface area (Å²) < 4.78 is 1.23. The molecule has 11 heavy (non-hydrogen) atoms. The Morgan fingerprint density at radius 3 is 2.73 bits per heavy atom. The smallest absolute Gasteiger partial charge is 0.196 e. The van der Waals surface area contributed by atoms with E-state index < -0.39 is 0 Å². The molecule has 0 unspecified atom stereocenters. The number of nitrogen functional groups attached to an aromatic ring is 1. The van der Waals surface area contributed by atoms with E-state index in [1.54, 1.807) is 20.0 Å². The lowest BCUT2D eigenvalue weighted by molar-refractivity contribution is 0.294. The minimum Gasteiger partial charge on any atom is -0.409 e. The summed E-state index contributed by atoms with van der Waals surface area (Å²) in [6.45, 7) is 3.50. The third-order valence-corrected chi connectivity index (χ3v) is 1.47. The monoisotopic (exact) mass is 154 g/mol. The molecule has 1 aromatic heterocycles. The second kappa shape index (κ2) is 2.61. The molecule has 0 atom stereocenters. The van der Waals surface area contributed by atoms with E-state index in [1.165, 1.54) is 4.68 Å². The first-order valence-corrected chi connectivity index (χ1v) is 3.15. The summed E-state index contributed by atoms with van der Waals surface area (Å²) in [6.07, 6.45) is 1.60. The molecule has 0 aliphatic rings. The largest absolute Gasteiger partial charge is 0.409 e. The van der Waals surface area contributed by atoms with Crippen molar-refractivity contribution in [3.63, 3.8) is 0 Å². The van der Waals surface area contributed by atoms with Gasteiger partial charge in [-0.1, -0.05) is 5.16 Å². The lowest BCUT2D eigenvalue weighted by Gasteiger charge is -2.03. The van der Waals surface area contributed by atoms with E-state index in [1.807, 2.05) is 0 Å². The van der Waals surface area contributed by atoms with Crippen LogP contribution in [0.3, 0.4) is 0 Å². The molecule has 0 aliphatic heterocycles. The highest BCUT2D eigenvalue weighted by molar-refractivity contribution is 5.03. The van der Waals surface area contributed by atoms with Crippen LogP contribution in [0.5, 0.6) is 0 Å². The van der Waals surface area contributed by atoms with Crippen LogP contribution in [0.2, 0.25) is 0 Å². The van der Waals surface area contributed by atoms with Crippen LogP contribution in [0, 0.1) is 13.8 Å². The van der Waals surface area contributed by atoms with Gasteiger partial charge in [0.15, 0.2) is 5.49 Å². The molecule has 5 heteroatoms. The Hall–Kier alpha value is -1.52. The molecule has 1 rings (SSSR count). The van der Waals surface area contributed by atoms with Gasteiger partial charge in [0.1, 0.15) is 5.82 Å². The van der Waals surface area contributed by atoms with Gasteiger partial charge in [-0.25, -0.2) is 9.66 Å². The van der Waals surface area contributed by atoms with Crippen LogP contribution in [-0.2, 0) is 0 Å². The third-order valence-electron chi connectivity index (χ3n) is 1.47. The zero-order valence-electron chi connectivity index (χ0n) is 6.44. The number of rotatable bonds is 0. The van der Waals surface area contributed by atoms with Gasteiger partial charge in [0.05, 0.1) is 0 Å². The minimum absolute atomic E-state index is 0.331. The molecule has 5 nitrogen and oxygen atoms in total. The maximum absolute atomic E-state index is 8.52. The molecule has 0 saturated heterocycles. The summed E-state index contributed by atoms with van der Waals surface area (Å²) in [4.78, 5) is 3.95. The van der Waals surface area contributed by atoms with Gasteiger partial charge in [0.25, 0.3) is 0 Å². The van der Waals surface area contributed by atoms with Crippen molar-refractivity contribution >= 4 is 0 Å². The molecular weight excluding hydrogens is 144 g/mol. The van der Waals surface area contributed by atoms with E-state index in [-0.39, 0.29) is 0 Å². The number of hydrogen-bond acceptors (Lipinski definition) is 4. The van der Waals surface area contributed by atoms with Crippen LogP contribution in [0.1, 0.15) is 11.4 Å². The number of aryl methyl sites for hydroxylation is 2. The van der Waals surface area contributed by atoms with E-state index in [9.17, 15) is 0 Å². The topological polar surface area (TPSA) is 76.4 Å². The van der Waals surface area contributed by atoms with Gasteiger partial charge in [-0.3, -0.25) is 0 Å². The average Bonchev–Trinajstić information content (AvgIpc) is 1.99. The van der Waals surface area contributed by atoms with Crippen LogP contribution < -0.4 is 11.3 Å². The van der Waals surface area contributed by atoms with Crippen molar-refractivity contribution in [2.45, 2.75) is 13.8 Å². The zero-order chi connectivity index (χ0) is 8.43. The molecule has 0 spiro atoms. The third kappa shape index (κ3) is 1.17. The molecule has 0 saturated carbocycles. The average molecular weight is 154 g/mol. The Bertz CT molecular complexity index is 328. The lowest BCUT2D eigenvalue weighted by atomic mass is 10.4. The molecule has 1 aromatic rings. The minimum atomic E-state index is 0.331. The van der Waals surface area contributed by atoms with Crippen molar-refractivity contribution < 1.29 is 5.21 Å². The van der Waals surface area contributed by atoms with Crippen molar-refractivity contribution in [1.29, 1.82) is 0 Å². The van der Waals surface area contributed by atoms with Crippen molar-refractivity contribution in [3.8, 4) is 0 Å². The van der Waals surface area contributed by atoms with Gasteiger partial charge in [-0.15, -0.1) is 0 Å². The fraction of sp³-hybridized carbons (Fsp3) is 0.333. The molecule has 0 radical (unpaired) electrons. The second-order valence-electron chi connectivity index (χ2n) is 2.28. The first kappa shape index (κ1) is 7.59. The molecular formula is C6H10N4O. The molecule has 0 aliphatic carbocycles. The summed E-state index contributed by atoms with van der Waals surface area (Å²) in [5.41, 5.74) is 1.07. The Kier molecular flexibility index (Phi) is 1.80. The lowest BCUT2D eigenvalue weighted by Crippen LogP contribution is -2.32. The summed E-state index contributed by atoms with van der Waals surface area (Å²) >= 11 is 0. The Morgan fingerprint density at radius 1 is 1.64 bits per heavy atom. The normalized spacial score (nSPS) is 12.0. The highest BCUT2D eigenvalue weighted by atomic mass is 16.4. The fourth-order valence-corrected chi connectivity index (χ4v) is 0.780. The highest BCUT2D eigenvalue weighted by Crippen LogP contribution is 1.86. The predicted molar refractivity (Wildman–Crippen MR) is 39.2 cm³/mol. The van der Waals surface area contributed by atoms with E-state index in [4.69, 9.17) is 11.0 Å². The molecule has 1 heterocycles. The number of hydrogen-bond donors (Lipinski definition) is 2. The predicted octanol–water partition coefficient (Wildman–Crippen LogP) is -0.496. The molecule has 60 valence electrons. The SMILES string of the molecule is Cc1cnc(C)n(N)c1=NO. The van der Waals surface area contributed by atoms with Gasteiger partial charge in [0, 0.05) is 11.8 Å². The van der Waals surface area contributed by atoms with Crippen LogP contribution in [0.15, 0.2) is 11.4 Å². The number of nitrogens with two attached hydrogens (primary N) is 1. The van der Waals surface area contributed by atoms with Crippen LogP contribution in [0.4, 0.5) is 0 Å². The molecule has 0 amide bonds. The first-order chi connectivity index (χ1) is 5.16. The molecule has 0 fully saturated rings. The summed E-state index contributed by atoms with van der Waals surface area (Å²) in [5, 5.41) is 11.5. The van der Waals surface area contributed by atoms with Gasteiger partial charge in [-0.05, 0) is 13.8 Å². The van der Waals surface area contributed by atoms with Crippen LogP contribution >= 0.6 is 0 Å². The van der Waals surface area contributed by atoms with Crippen LogP contribution in [-0.4, -0.2) is 14.9 Å². The first-order valence-electron chi connectivity index (χ1n) is 3.15. The van der Waals surface area contributed by atoms with E-state index in [0.717, 1.165) is 5.56 Å². The van der Waals surface area contributed by atoms with Gasteiger partial charge in [0.2, 0.25) is 0 Å². The maximum Gasteiger partial charge on any atom is 0.196 e. The standard InChI is InChI=1S/C6H10N4O/c1-4-3-8-5(2)10(7)6(4)9-11/h3,11H,7H2,1-2H3. The number of aromatic nitrogens is 2. The zero-order valence-corrected chi connectivity index (χ0v) is 6.44. The van der Waals surface area contributed by atoms with Gasteiger partial charge < -0.3 is 11.0 Å². The summed E-state index contributed by atoms with van der Waals surface area (Å²) in [7, 11) is 0. The maximum atomic E-state index is 8.52. The van der Waals surface area contributed by atoms with Crippen molar-refractivity contribution in [2.75, 3.05) is 5.84 Å². The van der Waals surface area contributed by atoms with E-state index in [2.05, 4.69) is 10.1 Å². The Labute approximate surface area is 63.8 Å². The number of nitrogens with zero attached hydrogens (tertiary/aromatic N) is 3. The van der Waals surface area contributed by atoms with Crippen molar-refractivity contribution in [3.05, 3.63) is 23.1 Å². The quantitative estimate of drug-likeness (QED) is 0.300. The molecule has 3 N–H and O–H groups in total. The molecule has 0 bridgehead atoms. The summed E-state index contributed by atoms with van der Waals surface area (Å²) in [6, 6.07) is 0. The summed E-state index contributed by atoms with van der Waals surface area (Å²) in [5.74, 6) is 6.09. The van der Waals surface area contributed by atoms with Crippen LogP contribution in [0.25, 0.3) is 0 Å². The highest BCUT2D eigenvalue weighted by Gasteiger charge is 1.97. The van der Waals surface area contributed by atoms with E-state index >= 15 is 0 Å². The molecule has 0 aromatic carbocycles. The Morgan fingerprint density at radius 2 is 2.27 bits per heavy atom. The van der Waals surface area contributed by atoms with Crippen molar-refractivity contribution in [1.82, 2.24) is 9.66 Å². The Balaban J connectivity index is 3.55. The van der Waals surface area contributed by atoms with Gasteiger partial charge in [-0.2, -0.15) is 0 Å². The van der Waals surface area contributed by atoms with E-state index in [0.29, 0.717) is 11.3 Å². The second-order valence-corrected chi connectivity index (χ2v) is 2.28. The van der Waals surface area contributed by atoms with Crippen molar-refractivity contribution in [2.24, 2.45) is 5.16 Å². The fourth-order valence-electron chi connectivity index (χ4n) is 0.780. The van der Waals surface area contributed by atoms with Gasteiger partial charge >= 0.3 is 0 Å².